The molecule has 2 N–H and O–H groups in total. The number of aryl methyl sites for hydroxylation is 2. The SMILES string of the molecule is CCNC(=O)[C@@H](C)NC(=O)COC(=O)c1ccc2c(c1)CCCC2. The summed E-state index contributed by atoms with van der Waals surface area (Å²) in [6.45, 7) is 3.47. The molecular weight excluding hydrogens is 308 g/mol. The van der Waals surface area contributed by atoms with E-state index in [4.69, 9.17) is 4.74 Å². The van der Waals surface area contributed by atoms with Crippen molar-refractivity contribution < 1.29 is 19.1 Å². The maximum Gasteiger partial charge on any atom is 0.338 e. The lowest BCUT2D eigenvalue weighted by molar-refractivity contribution is -0.130. The van der Waals surface area contributed by atoms with E-state index in [1.807, 2.05) is 12.1 Å². The zero-order chi connectivity index (χ0) is 17.5. The average molecular weight is 332 g/mol. The second-order valence-electron chi connectivity index (χ2n) is 5.95. The molecule has 0 heterocycles. The van der Waals surface area contributed by atoms with Crippen LogP contribution in [0.2, 0.25) is 0 Å². The first-order valence-corrected chi connectivity index (χ1v) is 8.37. The number of carbonyl (C=O) groups is 3. The molecule has 0 aliphatic heterocycles. The molecule has 0 unspecified atom stereocenters. The van der Waals surface area contributed by atoms with Gasteiger partial charge in [0.15, 0.2) is 6.61 Å². The summed E-state index contributed by atoms with van der Waals surface area (Å²) in [5, 5.41) is 5.10. The molecule has 1 aliphatic carbocycles. The Morgan fingerprint density at radius 3 is 2.58 bits per heavy atom. The van der Waals surface area contributed by atoms with E-state index in [1.165, 1.54) is 17.5 Å². The first-order valence-electron chi connectivity index (χ1n) is 8.37. The lowest BCUT2D eigenvalue weighted by Crippen LogP contribution is -2.46. The Balaban J connectivity index is 1.84. The van der Waals surface area contributed by atoms with Crippen molar-refractivity contribution in [3.8, 4) is 0 Å². The molecule has 130 valence electrons. The largest absolute Gasteiger partial charge is 0.452 e. The first kappa shape index (κ1) is 18.0. The van der Waals surface area contributed by atoms with Crippen LogP contribution >= 0.6 is 0 Å². The van der Waals surface area contributed by atoms with E-state index in [-0.39, 0.29) is 5.91 Å². The van der Waals surface area contributed by atoms with Gasteiger partial charge in [-0.2, -0.15) is 0 Å². The third-order valence-electron chi connectivity index (χ3n) is 4.04. The van der Waals surface area contributed by atoms with E-state index in [2.05, 4.69) is 10.6 Å². The molecular formula is C18H24N2O4. The minimum absolute atomic E-state index is 0.271. The van der Waals surface area contributed by atoms with E-state index < -0.39 is 24.5 Å². The van der Waals surface area contributed by atoms with Gasteiger partial charge in [-0.3, -0.25) is 9.59 Å². The Hall–Kier alpha value is -2.37. The van der Waals surface area contributed by atoms with Gasteiger partial charge in [-0.25, -0.2) is 4.79 Å². The van der Waals surface area contributed by atoms with Gasteiger partial charge in [0.1, 0.15) is 6.04 Å². The number of likely N-dealkylation sites (N-methyl/N-ethyl adjacent to an activating group) is 1. The Kier molecular flexibility index (Phi) is 6.35. The van der Waals surface area contributed by atoms with Gasteiger partial charge in [-0.05, 0) is 62.8 Å². The van der Waals surface area contributed by atoms with Crippen molar-refractivity contribution >= 4 is 17.8 Å². The normalized spacial score (nSPS) is 14.2. The van der Waals surface area contributed by atoms with E-state index in [0.29, 0.717) is 12.1 Å². The second-order valence-corrected chi connectivity index (χ2v) is 5.95. The fourth-order valence-electron chi connectivity index (χ4n) is 2.75. The lowest BCUT2D eigenvalue weighted by atomic mass is 9.90. The second kappa shape index (κ2) is 8.47. The van der Waals surface area contributed by atoms with Crippen molar-refractivity contribution in [2.45, 2.75) is 45.6 Å². The summed E-state index contributed by atoms with van der Waals surface area (Å²) in [5.41, 5.74) is 2.93. The number of benzene rings is 1. The Bertz CT molecular complexity index is 627. The molecule has 0 saturated carbocycles. The molecule has 0 saturated heterocycles. The molecule has 0 radical (unpaired) electrons. The monoisotopic (exact) mass is 332 g/mol. The highest BCUT2D eigenvalue weighted by atomic mass is 16.5. The number of ether oxygens (including phenoxy) is 1. The maximum absolute atomic E-state index is 12.1. The van der Waals surface area contributed by atoms with Gasteiger partial charge in [0.25, 0.3) is 5.91 Å². The summed E-state index contributed by atoms with van der Waals surface area (Å²) in [7, 11) is 0. The van der Waals surface area contributed by atoms with Crippen LogP contribution in [0.1, 0.15) is 48.2 Å². The van der Waals surface area contributed by atoms with Gasteiger partial charge in [-0.15, -0.1) is 0 Å². The van der Waals surface area contributed by atoms with Crippen molar-refractivity contribution in [3.05, 3.63) is 34.9 Å². The summed E-state index contributed by atoms with van der Waals surface area (Å²) < 4.78 is 5.04. The highest BCUT2D eigenvalue weighted by molar-refractivity contribution is 5.92. The predicted octanol–water partition coefficient (Wildman–Crippen LogP) is 1.36. The zero-order valence-electron chi connectivity index (χ0n) is 14.2. The number of nitrogens with one attached hydrogen (secondary N) is 2. The van der Waals surface area contributed by atoms with Gasteiger partial charge in [-0.1, -0.05) is 6.07 Å². The smallest absolute Gasteiger partial charge is 0.338 e. The van der Waals surface area contributed by atoms with E-state index in [1.54, 1.807) is 19.9 Å². The summed E-state index contributed by atoms with van der Waals surface area (Å²) in [4.78, 5) is 35.4. The molecule has 1 atom stereocenters. The molecule has 1 aliphatic rings. The molecule has 0 bridgehead atoms. The van der Waals surface area contributed by atoms with E-state index in [9.17, 15) is 14.4 Å². The number of rotatable bonds is 6. The van der Waals surface area contributed by atoms with Crippen LogP contribution in [0.4, 0.5) is 0 Å². The minimum Gasteiger partial charge on any atom is -0.452 e. The van der Waals surface area contributed by atoms with Crippen LogP contribution < -0.4 is 10.6 Å². The van der Waals surface area contributed by atoms with Crippen LogP contribution in [0, 0.1) is 0 Å². The summed E-state index contributed by atoms with van der Waals surface area (Å²) in [6.07, 6.45) is 4.33. The summed E-state index contributed by atoms with van der Waals surface area (Å²) in [5.74, 6) is -1.30. The van der Waals surface area contributed by atoms with Crippen LogP contribution in [0.15, 0.2) is 18.2 Å². The summed E-state index contributed by atoms with van der Waals surface area (Å²) >= 11 is 0. The fourth-order valence-corrected chi connectivity index (χ4v) is 2.75. The molecule has 24 heavy (non-hydrogen) atoms. The molecule has 0 spiro atoms. The first-order chi connectivity index (χ1) is 11.5. The standard InChI is InChI=1S/C18H24N2O4/c1-3-19-17(22)12(2)20-16(21)11-24-18(23)15-9-8-13-6-4-5-7-14(13)10-15/h8-10,12H,3-7,11H2,1-2H3,(H,19,22)(H,20,21)/t12-/m1/s1. The zero-order valence-corrected chi connectivity index (χ0v) is 14.2. The van der Waals surface area contributed by atoms with Crippen molar-refractivity contribution in [3.63, 3.8) is 0 Å². The molecule has 6 heteroatoms. The molecule has 2 amide bonds. The number of carbonyl (C=O) groups excluding carboxylic acids is 3. The molecule has 1 aromatic rings. The highest BCUT2D eigenvalue weighted by Crippen LogP contribution is 2.22. The Labute approximate surface area is 142 Å². The van der Waals surface area contributed by atoms with Crippen molar-refractivity contribution in [1.82, 2.24) is 10.6 Å². The predicted molar refractivity (Wildman–Crippen MR) is 89.7 cm³/mol. The van der Waals surface area contributed by atoms with Crippen molar-refractivity contribution in [2.75, 3.05) is 13.2 Å². The number of esters is 1. The molecule has 1 aromatic carbocycles. The molecule has 6 nitrogen and oxygen atoms in total. The number of hydrogen-bond acceptors (Lipinski definition) is 4. The number of fused-ring (bicyclic) bond motifs is 1. The van der Waals surface area contributed by atoms with Crippen molar-refractivity contribution in [1.29, 1.82) is 0 Å². The number of hydrogen-bond donors (Lipinski definition) is 2. The lowest BCUT2D eigenvalue weighted by Gasteiger charge is -2.16. The Morgan fingerprint density at radius 1 is 1.17 bits per heavy atom. The van der Waals surface area contributed by atoms with Crippen LogP contribution in [0.5, 0.6) is 0 Å². The topological polar surface area (TPSA) is 84.5 Å². The highest BCUT2D eigenvalue weighted by Gasteiger charge is 2.17. The third-order valence-corrected chi connectivity index (χ3v) is 4.04. The van der Waals surface area contributed by atoms with Gasteiger partial charge < -0.3 is 15.4 Å². The minimum atomic E-state index is -0.667. The van der Waals surface area contributed by atoms with Crippen LogP contribution in [-0.4, -0.2) is 37.0 Å². The third kappa shape index (κ3) is 4.81. The van der Waals surface area contributed by atoms with Crippen LogP contribution in [0.3, 0.4) is 0 Å². The van der Waals surface area contributed by atoms with Gasteiger partial charge in [0, 0.05) is 6.54 Å². The van der Waals surface area contributed by atoms with Crippen LogP contribution in [0.25, 0.3) is 0 Å². The van der Waals surface area contributed by atoms with Crippen molar-refractivity contribution in [2.24, 2.45) is 0 Å². The maximum atomic E-state index is 12.1. The molecule has 2 rings (SSSR count). The van der Waals surface area contributed by atoms with Gasteiger partial charge in [0.2, 0.25) is 5.91 Å². The summed E-state index contributed by atoms with van der Waals surface area (Å²) in [6, 6.07) is 4.88. The molecule has 0 fully saturated rings. The Morgan fingerprint density at radius 2 is 1.88 bits per heavy atom. The average Bonchev–Trinajstić information content (AvgIpc) is 2.59. The van der Waals surface area contributed by atoms with E-state index in [0.717, 1.165) is 19.3 Å². The van der Waals surface area contributed by atoms with Gasteiger partial charge in [0.05, 0.1) is 5.56 Å². The quantitative estimate of drug-likeness (QED) is 0.771. The number of amides is 2. The fraction of sp³-hybridized carbons (Fsp3) is 0.500. The van der Waals surface area contributed by atoms with Gasteiger partial charge >= 0.3 is 5.97 Å². The van der Waals surface area contributed by atoms with Crippen LogP contribution in [-0.2, 0) is 27.2 Å². The van der Waals surface area contributed by atoms with E-state index >= 15 is 0 Å². The molecule has 0 aromatic heterocycles.